The first kappa shape index (κ1) is 12.2. The molecule has 1 aromatic carbocycles. The van der Waals surface area contributed by atoms with Crippen molar-refractivity contribution in [3.8, 4) is 10.4 Å². The van der Waals surface area contributed by atoms with Gasteiger partial charge in [-0.15, -0.1) is 11.3 Å². The molecule has 0 spiro atoms. The second-order valence-corrected chi connectivity index (χ2v) is 5.46. The van der Waals surface area contributed by atoms with E-state index in [1.54, 1.807) is 0 Å². The van der Waals surface area contributed by atoms with E-state index in [-0.39, 0.29) is 0 Å². The van der Waals surface area contributed by atoms with Gasteiger partial charge in [-0.25, -0.2) is 8.78 Å². The number of nitrogens with two attached hydrogens (primary N) is 1. The van der Waals surface area contributed by atoms with Crippen molar-refractivity contribution in [3.05, 3.63) is 46.8 Å². The second kappa shape index (κ2) is 4.20. The lowest BCUT2D eigenvalue weighted by molar-refractivity contribution is 0.556. The SMILES string of the molecule is CC(C)(N)c1csc(-c2ccc(F)cc2F)c1. The van der Waals surface area contributed by atoms with E-state index in [0.29, 0.717) is 5.56 Å². The van der Waals surface area contributed by atoms with Crippen LogP contribution in [0.3, 0.4) is 0 Å². The van der Waals surface area contributed by atoms with E-state index in [4.69, 9.17) is 5.73 Å². The summed E-state index contributed by atoms with van der Waals surface area (Å²) in [6.07, 6.45) is 0. The van der Waals surface area contributed by atoms with Gasteiger partial charge in [-0.1, -0.05) is 0 Å². The largest absolute Gasteiger partial charge is 0.322 e. The smallest absolute Gasteiger partial charge is 0.134 e. The summed E-state index contributed by atoms with van der Waals surface area (Å²) in [5.41, 5.74) is 6.86. The summed E-state index contributed by atoms with van der Waals surface area (Å²) in [5, 5.41) is 1.90. The van der Waals surface area contributed by atoms with Gasteiger partial charge in [-0.05, 0) is 43.0 Å². The number of halogens is 2. The molecule has 0 aliphatic carbocycles. The zero-order valence-electron chi connectivity index (χ0n) is 9.63. The van der Waals surface area contributed by atoms with Gasteiger partial charge in [-0.2, -0.15) is 0 Å². The molecule has 2 rings (SSSR count). The van der Waals surface area contributed by atoms with E-state index >= 15 is 0 Å². The summed E-state index contributed by atoms with van der Waals surface area (Å²) < 4.78 is 26.4. The minimum atomic E-state index is -0.567. The van der Waals surface area contributed by atoms with Crippen molar-refractivity contribution in [2.45, 2.75) is 19.4 Å². The number of hydrogen-bond acceptors (Lipinski definition) is 2. The molecule has 0 bridgehead atoms. The fraction of sp³-hybridized carbons (Fsp3) is 0.231. The first-order valence-corrected chi connectivity index (χ1v) is 6.09. The third kappa shape index (κ3) is 2.53. The summed E-state index contributed by atoms with van der Waals surface area (Å²) in [6, 6.07) is 5.44. The maximum absolute atomic E-state index is 13.6. The first-order valence-electron chi connectivity index (χ1n) is 5.21. The van der Waals surface area contributed by atoms with Crippen LogP contribution in [0.4, 0.5) is 8.78 Å². The molecule has 0 atom stereocenters. The van der Waals surface area contributed by atoms with Crippen molar-refractivity contribution in [2.75, 3.05) is 0 Å². The molecule has 90 valence electrons. The molecular formula is C13H13F2NS. The Hall–Kier alpha value is -1.26. The maximum Gasteiger partial charge on any atom is 0.134 e. The van der Waals surface area contributed by atoms with Crippen molar-refractivity contribution in [1.82, 2.24) is 0 Å². The maximum atomic E-state index is 13.6. The Morgan fingerprint density at radius 3 is 2.41 bits per heavy atom. The third-order valence-electron chi connectivity index (χ3n) is 2.54. The van der Waals surface area contributed by atoms with Crippen LogP contribution in [0.1, 0.15) is 19.4 Å². The molecule has 17 heavy (non-hydrogen) atoms. The molecule has 0 saturated carbocycles. The Balaban J connectivity index is 2.44. The lowest BCUT2D eigenvalue weighted by Crippen LogP contribution is -2.27. The molecule has 1 nitrogen and oxygen atoms in total. The van der Waals surface area contributed by atoms with Crippen LogP contribution < -0.4 is 5.73 Å². The standard InChI is InChI=1S/C13H13F2NS/c1-13(2,16)8-5-12(17-7-8)10-4-3-9(14)6-11(10)15/h3-7H,16H2,1-2H3. The minimum Gasteiger partial charge on any atom is -0.322 e. The summed E-state index contributed by atoms with van der Waals surface area (Å²) in [4.78, 5) is 0.760. The zero-order chi connectivity index (χ0) is 12.6. The van der Waals surface area contributed by atoms with E-state index in [1.807, 2.05) is 25.3 Å². The summed E-state index contributed by atoms with van der Waals surface area (Å²) in [6.45, 7) is 3.78. The quantitative estimate of drug-likeness (QED) is 0.863. The average Bonchev–Trinajstić information content (AvgIpc) is 2.65. The highest BCUT2D eigenvalue weighted by molar-refractivity contribution is 7.13. The summed E-state index contributed by atoms with van der Waals surface area (Å²) >= 11 is 1.41. The van der Waals surface area contributed by atoms with Gasteiger partial charge in [0, 0.05) is 22.0 Å². The van der Waals surface area contributed by atoms with Crippen LogP contribution >= 0.6 is 11.3 Å². The predicted octanol–water partition coefficient (Wildman–Crippen LogP) is 3.89. The van der Waals surface area contributed by atoms with E-state index in [9.17, 15) is 8.78 Å². The number of thiophene rings is 1. The second-order valence-electron chi connectivity index (χ2n) is 4.55. The highest BCUT2D eigenvalue weighted by atomic mass is 32.1. The van der Waals surface area contributed by atoms with Crippen molar-refractivity contribution in [3.63, 3.8) is 0 Å². The van der Waals surface area contributed by atoms with Crippen LogP contribution in [0.2, 0.25) is 0 Å². The Bertz CT molecular complexity index is 541. The average molecular weight is 253 g/mol. The normalized spacial score (nSPS) is 11.8. The van der Waals surface area contributed by atoms with Crippen molar-refractivity contribution in [2.24, 2.45) is 5.73 Å². The van der Waals surface area contributed by atoms with E-state index in [0.717, 1.165) is 16.5 Å². The van der Waals surface area contributed by atoms with Crippen LogP contribution in [0.25, 0.3) is 10.4 Å². The third-order valence-corrected chi connectivity index (χ3v) is 3.50. The predicted molar refractivity (Wildman–Crippen MR) is 66.9 cm³/mol. The Morgan fingerprint density at radius 2 is 1.88 bits per heavy atom. The molecule has 0 saturated heterocycles. The minimum absolute atomic E-state index is 0.409. The molecule has 1 aromatic heterocycles. The summed E-state index contributed by atoms with van der Waals surface area (Å²) in [5.74, 6) is -1.12. The first-order chi connectivity index (χ1) is 7.88. The van der Waals surface area contributed by atoms with E-state index < -0.39 is 17.2 Å². The molecule has 0 fully saturated rings. The van der Waals surface area contributed by atoms with Gasteiger partial charge in [0.15, 0.2) is 0 Å². The topological polar surface area (TPSA) is 26.0 Å². The molecule has 4 heteroatoms. The van der Waals surface area contributed by atoms with Gasteiger partial charge in [0.05, 0.1) is 0 Å². The fourth-order valence-corrected chi connectivity index (χ4v) is 2.62. The highest BCUT2D eigenvalue weighted by Gasteiger charge is 2.17. The van der Waals surface area contributed by atoms with Gasteiger partial charge < -0.3 is 5.73 Å². The highest BCUT2D eigenvalue weighted by Crippen LogP contribution is 2.32. The van der Waals surface area contributed by atoms with Crippen molar-refractivity contribution < 1.29 is 8.78 Å². The van der Waals surface area contributed by atoms with Gasteiger partial charge in [0.2, 0.25) is 0 Å². The lowest BCUT2D eigenvalue weighted by Gasteiger charge is -2.16. The molecule has 0 unspecified atom stereocenters. The van der Waals surface area contributed by atoms with Crippen LogP contribution in [0.15, 0.2) is 29.6 Å². The molecule has 0 amide bonds. The van der Waals surface area contributed by atoms with Crippen LogP contribution in [0, 0.1) is 11.6 Å². The fourth-order valence-electron chi connectivity index (χ4n) is 1.50. The molecular weight excluding hydrogens is 240 g/mol. The monoisotopic (exact) mass is 253 g/mol. The molecule has 2 N–H and O–H groups in total. The Kier molecular flexibility index (Phi) is 3.02. The van der Waals surface area contributed by atoms with Gasteiger partial charge in [0.25, 0.3) is 0 Å². The lowest BCUT2D eigenvalue weighted by atomic mass is 9.98. The summed E-state index contributed by atoms with van der Waals surface area (Å²) in [7, 11) is 0. The van der Waals surface area contributed by atoms with E-state index in [1.165, 1.54) is 23.5 Å². The molecule has 0 radical (unpaired) electrons. The van der Waals surface area contributed by atoms with Gasteiger partial charge in [-0.3, -0.25) is 0 Å². The van der Waals surface area contributed by atoms with Gasteiger partial charge >= 0.3 is 0 Å². The van der Waals surface area contributed by atoms with Gasteiger partial charge in [0.1, 0.15) is 11.6 Å². The van der Waals surface area contributed by atoms with Crippen molar-refractivity contribution in [1.29, 1.82) is 0 Å². The van der Waals surface area contributed by atoms with Crippen LogP contribution in [-0.4, -0.2) is 0 Å². The molecule has 1 heterocycles. The molecule has 0 aliphatic rings. The van der Waals surface area contributed by atoms with Crippen LogP contribution in [0.5, 0.6) is 0 Å². The number of hydrogen-bond donors (Lipinski definition) is 1. The Morgan fingerprint density at radius 1 is 1.18 bits per heavy atom. The van der Waals surface area contributed by atoms with E-state index in [2.05, 4.69) is 0 Å². The molecule has 2 aromatic rings. The molecule has 0 aliphatic heterocycles. The number of rotatable bonds is 2. The van der Waals surface area contributed by atoms with Crippen LogP contribution in [-0.2, 0) is 5.54 Å². The Labute approximate surface area is 103 Å². The zero-order valence-corrected chi connectivity index (χ0v) is 10.4. The number of benzene rings is 1. The van der Waals surface area contributed by atoms with Crippen molar-refractivity contribution >= 4 is 11.3 Å².